The molecule has 3 rings (SSSR count). The lowest BCUT2D eigenvalue weighted by atomic mass is 9.95. The van der Waals surface area contributed by atoms with Crippen LogP contribution in [0.1, 0.15) is 36.7 Å². The number of halogens is 3. The van der Waals surface area contributed by atoms with Gasteiger partial charge in [-0.2, -0.15) is 13.2 Å². The Bertz CT molecular complexity index is 999. The average molecular weight is 421 g/mol. The minimum Gasteiger partial charge on any atom is -0.483 e. The van der Waals surface area contributed by atoms with Gasteiger partial charge in [-0.1, -0.05) is 0 Å². The molecule has 0 aromatic heterocycles. The van der Waals surface area contributed by atoms with Gasteiger partial charge in [-0.15, -0.1) is 0 Å². The summed E-state index contributed by atoms with van der Waals surface area (Å²) in [6.07, 6.45) is -3.89. The summed E-state index contributed by atoms with van der Waals surface area (Å²) in [5.74, 6) is 0.280. The van der Waals surface area contributed by atoms with Crippen LogP contribution < -0.4 is 14.4 Å². The Kier molecular flexibility index (Phi) is 5.54. The number of carbonyl (C=O) groups is 2. The molecule has 0 bridgehead atoms. The van der Waals surface area contributed by atoms with Crippen molar-refractivity contribution in [2.45, 2.75) is 39.5 Å². The normalized spacial score (nSPS) is 15.4. The summed E-state index contributed by atoms with van der Waals surface area (Å²) in [5.41, 5.74) is 1.36. The van der Waals surface area contributed by atoms with Crippen LogP contribution in [-0.2, 0) is 4.79 Å². The second-order valence-electron chi connectivity index (χ2n) is 7.57. The summed E-state index contributed by atoms with van der Waals surface area (Å²) >= 11 is 0. The molecule has 0 radical (unpaired) electrons. The van der Waals surface area contributed by atoms with Crippen LogP contribution in [0.25, 0.3) is 11.1 Å². The number of aldehydes is 1. The highest BCUT2D eigenvalue weighted by molar-refractivity contribution is 6.03. The van der Waals surface area contributed by atoms with Crippen LogP contribution in [0.15, 0.2) is 30.3 Å². The van der Waals surface area contributed by atoms with E-state index in [1.54, 1.807) is 37.8 Å². The van der Waals surface area contributed by atoms with Gasteiger partial charge in [0, 0.05) is 17.7 Å². The Balaban J connectivity index is 2.16. The fourth-order valence-corrected chi connectivity index (χ4v) is 3.44. The molecule has 2 aromatic rings. The van der Waals surface area contributed by atoms with Crippen LogP contribution in [0.3, 0.4) is 0 Å². The van der Waals surface area contributed by atoms with Crippen LogP contribution in [-0.4, -0.2) is 37.1 Å². The third-order valence-corrected chi connectivity index (χ3v) is 4.86. The van der Waals surface area contributed by atoms with E-state index in [1.807, 2.05) is 6.92 Å². The third kappa shape index (κ3) is 4.13. The first kappa shape index (κ1) is 21.7. The van der Waals surface area contributed by atoms with Crippen molar-refractivity contribution in [2.24, 2.45) is 0 Å². The maximum absolute atomic E-state index is 12.8. The summed E-state index contributed by atoms with van der Waals surface area (Å²) in [7, 11) is 0. The molecule has 8 heteroatoms. The minimum absolute atomic E-state index is 0.00703. The third-order valence-electron chi connectivity index (χ3n) is 4.86. The zero-order valence-electron chi connectivity index (χ0n) is 17.1. The molecular weight excluding hydrogens is 399 g/mol. The average Bonchev–Trinajstić information content (AvgIpc) is 2.66. The summed E-state index contributed by atoms with van der Waals surface area (Å²) in [6, 6.07) is 7.63. The van der Waals surface area contributed by atoms with Gasteiger partial charge in [0.15, 0.2) is 12.2 Å². The van der Waals surface area contributed by atoms with Crippen molar-refractivity contribution in [3.8, 4) is 22.6 Å². The fourth-order valence-electron chi connectivity index (χ4n) is 3.44. The summed E-state index contributed by atoms with van der Waals surface area (Å²) in [6.45, 7) is 5.91. The molecule has 0 aliphatic carbocycles. The van der Waals surface area contributed by atoms with Crippen LogP contribution >= 0.6 is 0 Å². The van der Waals surface area contributed by atoms with Crippen molar-refractivity contribution in [3.63, 3.8) is 0 Å². The van der Waals surface area contributed by atoms with Gasteiger partial charge in [0.2, 0.25) is 0 Å². The van der Waals surface area contributed by atoms with E-state index in [2.05, 4.69) is 0 Å². The maximum Gasteiger partial charge on any atom is 0.422 e. The number of rotatable bonds is 5. The highest BCUT2D eigenvalue weighted by Gasteiger charge is 2.40. The largest absolute Gasteiger partial charge is 0.483 e. The number of alkyl halides is 3. The number of anilines is 1. The molecule has 1 amide bonds. The highest BCUT2D eigenvalue weighted by atomic mass is 19.4. The monoisotopic (exact) mass is 421 g/mol. The van der Waals surface area contributed by atoms with Crippen molar-refractivity contribution >= 4 is 17.9 Å². The molecule has 1 aliphatic heterocycles. The van der Waals surface area contributed by atoms with E-state index < -0.39 is 18.4 Å². The van der Waals surface area contributed by atoms with Crippen LogP contribution in [0.4, 0.5) is 18.9 Å². The molecule has 2 aromatic carbocycles. The number of benzene rings is 2. The van der Waals surface area contributed by atoms with E-state index in [0.29, 0.717) is 46.5 Å². The van der Waals surface area contributed by atoms with Gasteiger partial charge >= 0.3 is 6.18 Å². The Morgan fingerprint density at radius 2 is 1.87 bits per heavy atom. The number of hydrogen-bond acceptors (Lipinski definition) is 4. The van der Waals surface area contributed by atoms with Crippen LogP contribution in [0, 0.1) is 6.92 Å². The minimum atomic E-state index is -4.50. The standard InChI is InChI=1S/C22H22F3NO4/c1-5-26-17-10-15(13(2)8-19(17)30-21(3,4)20(26)28)16-9-14(11-27)6-7-18(16)29-12-22(23,24)25/h6-11H,5,12H2,1-4H3. The van der Waals surface area contributed by atoms with Crippen molar-refractivity contribution in [1.82, 2.24) is 0 Å². The SMILES string of the molecule is CCN1C(=O)C(C)(C)Oc2cc(C)c(-c3cc(C=O)ccc3OCC(F)(F)F)cc21. The Morgan fingerprint density at radius 3 is 2.47 bits per heavy atom. The van der Waals surface area contributed by atoms with Crippen LogP contribution in [0.2, 0.25) is 0 Å². The first-order valence-electron chi connectivity index (χ1n) is 9.41. The molecule has 0 saturated carbocycles. The predicted octanol–water partition coefficient (Wildman–Crippen LogP) is 4.94. The second-order valence-corrected chi connectivity index (χ2v) is 7.57. The number of likely N-dealkylation sites (N-methyl/N-ethyl adjacent to an activating group) is 1. The number of carbonyl (C=O) groups excluding carboxylic acids is 2. The van der Waals surface area contributed by atoms with Crippen molar-refractivity contribution < 1.29 is 32.2 Å². The Hall–Kier alpha value is -3.03. The molecule has 0 saturated heterocycles. The van der Waals surface area contributed by atoms with Gasteiger partial charge in [0.1, 0.15) is 17.8 Å². The van der Waals surface area contributed by atoms with Crippen molar-refractivity contribution in [3.05, 3.63) is 41.5 Å². The number of aryl methyl sites for hydroxylation is 1. The van der Waals surface area contributed by atoms with E-state index in [9.17, 15) is 22.8 Å². The molecule has 0 unspecified atom stereocenters. The Labute approximate surface area is 172 Å². The van der Waals surface area contributed by atoms with Gasteiger partial charge in [-0.05, 0) is 69.2 Å². The van der Waals surface area contributed by atoms with Gasteiger partial charge in [-0.3, -0.25) is 9.59 Å². The van der Waals surface area contributed by atoms with Gasteiger partial charge < -0.3 is 14.4 Å². The molecule has 160 valence electrons. The van der Waals surface area contributed by atoms with E-state index in [0.717, 1.165) is 0 Å². The maximum atomic E-state index is 12.8. The molecule has 30 heavy (non-hydrogen) atoms. The quantitative estimate of drug-likeness (QED) is 0.642. The van der Waals surface area contributed by atoms with Gasteiger partial charge in [-0.25, -0.2) is 0 Å². The molecule has 5 nitrogen and oxygen atoms in total. The lowest BCUT2D eigenvalue weighted by Crippen LogP contribution is -2.52. The second kappa shape index (κ2) is 7.66. The number of ether oxygens (including phenoxy) is 2. The van der Waals surface area contributed by atoms with E-state index in [1.165, 1.54) is 18.2 Å². The molecule has 1 heterocycles. The zero-order valence-corrected chi connectivity index (χ0v) is 17.1. The first-order chi connectivity index (χ1) is 14.0. The number of fused-ring (bicyclic) bond motifs is 1. The van der Waals surface area contributed by atoms with Crippen molar-refractivity contribution in [2.75, 3.05) is 18.1 Å². The van der Waals surface area contributed by atoms with E-state index in [-0.39, 0.29) is 11.7 Å². The lowest BCUT2D eigenvalue weighted by molar-refractivity contribution is -0.153. The zero-order chi connectivity index (χ0) is 22.3. The van der Waals surface area contributed by atoms with E-state index >= 15 is 0 Å². The molecular formula is C22H22F3NO4. The van der Waals surface area contributed by atoms with Crippen LogP contribution in [0.5, 0.6) is 11.5 Å². The van der Waals surface area contributed by atoms with Gasteiger partial charge in [0.05, 0.1) is 5.69 Å². The number of amides is 1. The summed E-state index contributed by atoms with van der Waals surface area (Å²) < 4.78 is 49.0. The van der Waals surface area contributed by atoms with Gasteiger partial charge in [0.25, 0.3) is 5.91 Å². The summed E-state index contributed by atoms with van der Waals surface area (Å²) in [5, 5.41) is 0. The van der Waals surface area contributed by atoms with Crippen molar-refractivity contribution in [1.29, 1.82) is 0 Å². The first-order valence-corrected chi connectivity index (χ1v) is 9.41. The molecule has 0 atom stereocenters. The van der Waals surface area contributed by atoms with E-state index in [4.69, 9.17) is 9.47 Å². The number of nitrogens with zero attached hydrogens (tertiary/aromatic N) is 1. The number of hydrogen-bond donors (Lipinski definition) is 0. The predicted molar refractivity (Wildman–Crippen MR) is 106 cm³/mol. The molecule has 1 aliphatic rings. The smallest absolute Gasteiger partial charge is 0.422 e. The lowest BCUT2D eigenvalue weighted by Gasteiger charge is -2.39. The highest BCUT2D eigenvalue weighted by Crippen LogP contribution is 2.44. The molecule has 0 N–H and O–H groups in total. The fraction of sp³-hybridized carbons (Fsp3) is 0.364. The molecule has 0 fully saturated rings. The summed E-state index contributed by atoms with van der Waals surface area (Å²) in [4.78, 5) is 25.6. The molecule has 0 spiro atoms. The topological polar surface area (TPSA) is 55.8 Å². The Morgan fingerprint density at radius 1 is 1.17 bits per heavy atom.